The normalized spacial score (nSPS) is 21.0. The van der Waals surface area contributed by atoms with Gasteiger partial charge in [0.25, 0.3) is 5.91 Å². The fourth-order valence-corrected chi connectivity index (χ4v) is 3.64. The maximum atomic E-state index is 12.2. The molecule has 0 spiro atoms. The minimum Gasteiger partial charge on any atom is -0.322 e. The molecule has 1 aliphatic rings. The van der Waals surface area contributed by atoms with Crippen LogP contribution in [0.1, 0.15) is 35.7 Å². The molecule has 0 radical (unpaired) electrons. The van der Waals surface area contributed by atoms with Crippen molar-refractivity contribution in [1.29, 1.82) is 0 Å². The number of carbonyl (C=O) groups is 1. The van der Waals surface area contributed by atoms with Crippen molar-refractivity contribution in [2.45, 2.75) is 26.2 Å². The van der Waals surface area contributed by atoms with Gasteiger partial charge >= 0.3 is 0 Å². The molecule has 1 N–H and O–H groups in total. The highest BCUT2D eigenvalue weighted by Crippen LogP contribution is 2.27. The number of nitrogens with one attached hydrogen (secondary N) is 1. The number of anilines is 1. The van der Waals surface area contributed by atoms with Crippen LogP contribution in [0.2, 0.25) is 0 Å². The lowest BCUT2D eigenvalue weighted by Gasteiger charge is -2.34. The summed E-state index contributed by atoms with van der Waals surface area (Å²) in [5.74, 6) is 1.50. The average Bonchev–Trinajstić information content (AvgIpc) is 2.63. The van der Waals surface area contributed by atoms with Crippen LogP contribution in [0.25, 0.3) is 0 Å². The van der Waals surface area contributed by atoms with Gasteiger partial charge in [-0.1, -0.05) is 19.1 Å². The molecule has 0 unspecified atom stereocenters. The van der Waals surface area contributed by atoms with E-state index in [1.807, 2.05) is 12.1 Å². The summed E-state index contributed by atoms with van der Waals surface area (Å²) in [5, 5.41) is 2.93. The van der Waals surface area contributed by atoms with Gasteiger partial charge in [-0.2, -0.15) is 0 Å². The molecule has 0 aliphatic carbocycles. The average molecular weight is 337 g/mol. The molecule has 2 atom stereocenters. The van der Waals surface area contributed by atoms with E-state index in [1.165, 1.54) is 31.5 Å². The van der Waals surface area contributed by atoms with E-state index < -0.39 is 0 Å². The van der Waals surface area contributed by atoms with Crippen molar-refractivity contribution in [2.24, 2.45) is 11.8 Å². The van der Waals surface area contributed by atoms with E-state index in [9.17, 15) is 4.79 Å². The van der Waals surface area contributed by atoms with Crippen LogP contribution < -0.4 is 5.32 Å². The highest BCUT2D eigenvalue weighted by Gasteiger charge is 2.23. The van der Waals surface area contributed by atoms with Gasteiger partial charge in [-0.05, 0) is 74.5 Å². The summed E-state index contributed by atoms with van der Waals surface area (Å²) in [6.07, 6.45) is 6.91. The molecular weight excluding hydrogens is 310 g/mol. The van der Waals surface area contributed by atoms with Crippen molar-refractivity contribution >= 4 is 11.6 Å². The van der Waals surface area contributed by atoms with Crippen LogP contribution in [0.5, 0.6) is 0 Å². The number of hydrogen-bond acceptors (Lipinski definition) is 3. The fraction of sp³-hybridized carbons (Fsp3) is 0.429. The van der Waals surface area contributed by atoms with Crippen molar-refractivity contribution in [3.63, 3.8) is 0 Å². The van der Waals surface area contributed by atoms with Crippen LogP contribution in [0.3, 0.4) is 0 Å². The summed E-state index contributed by atoms with van der Waals surface area (Å²) in [4.78, 5) is 18.5. The highest BCUT2D eigenvalue weighted by molar-refractivity contribution is 6.04. The predicted molar refractivity (Wildman–Crippen MR) is 102 cm³/mol. The predicted octanol–water partition coefficient (Wildman–Crippen LogP) is 3.85. The molecule has 0 bridgehead atoms. The Morgan fingerprint density at radius 3 is 2.60 bits per heavy atom. The zero-order valence-corrected chi connectivity index (χ0v) is 15.1. The maximum absolute atomic E-state index is 12.2. The topological polar surface area (TPSA) is 45.2 Å². The number of nitrogens with zero attached hydrogens (tertiary/aromatic N) is 2. The van der Waals surface area contributed by atoms with Gasteiger partial charge in [0.2, 0.25) is 0 Å². The molecule has 4 nitrogen and oxygen atoms in total. The van der Waals surface area contributed by atoms with E-state index in [4.69, 9.17) is 0 Å². The Labute approximate surface area is 150 Å². The number of likely N-dealkylation sites (tertiary alicyclic amines) is 1. The van der Waals surface area contributed by atoms with Gasteiger partial charge in [0.05, 0.1) is 0 Å². The van der Waals surface area contributed by atoms with E-state index >= 15 is 0 Å². The number of pyridine rings is 1. The molecule has 25 heavy (non-hydrogen) atoms. The molecule has 1 amide bonds. The molecule has 1 aromatic carbocycles. The number of benzene rings is 1. The molecule has 1 saturated heterocycles. The quantitative estimate of drug-likeness (QED) is 0.901. The second-order valence-electron chi connectivity index (χ2n) is 7.21. The van der Waals surface area contributed by atoms with Gasteiger partial charge in [-0.3, -0.25) is 9.78 Å². The molecular formula is C21H27N3O. The first kappa shape index (κ1) is 17.6. The third-order valence-corrected chi connectivity index (χ3v) is 5.24. The Kier molecular flexibility index (Phi) is 5.82. The molecule has 2 heterocycles. The Bertz CT molecular complexity index is 684. The van der Waals surface area contributed by atoms with E-state index in [0.29, 0.717) is 5.56 Å². The minimum absolute atomic E-state index is 0.102. The van der Waals surface area contributed by atoms with Crippen LogP contribution in [-0.4, -0.2) is 35.9 Å². The smallest absolute Gasteiger partial charge is 0.255 e. The number of aryl methyl sites for hydroxylation is 1. The summed E-state index contributed by atoms with van der Waals surface area (Å²) in [6, 6.07) is 11.7. The van der Waals surface area contributed by atoms with E-state index in [-0.39, 0.29) is 5.91 Å². The van der Waals surface area contributed by atoms with Crippen LogP contribution >= 0.6 is 0 Å². The van der Waals surface area contributed by atoms with E-state index in [0.717, 1.165) is 23.9 Å². The number of amides is 1. The van der Waals surface area contributed by atoms with Crippen molar-refractivity contribution in [1.82, 2.24) is 9.88 Å². The molecule has 2 aromatic rings. The van der Waals surface area contributed by atoms with Crippen molar-refractivity contribution in [3.8, 4) is 0 Å². The number of carbonyl (C=O) groups excluding carboxylic acids is 1. The van der Waals surface area contributed by atoms with Crippen LogP contribution in [0, 0.1) is 11.8 Å². The first-order valence-corrected chi connectivity index (χ1v) is 9.10. The summed E-state index contributed by atoms with van der Waals surface area (Å²) < 4.78 is 0. The van der Waals surface area contributed by atoms with Gasteiger partial charge in [-0.25, -0.2) is 0 Å². The van der Waals surface area contributed by atoms with Crippen molar-refractivity contribution in [3.05, 3.63) is 59.9 Å². The lowest BCUT2D eigenvalue weighted by Crippen LogP contribution is -2.36. The third-order valence-electron chi connectivity index (χ3n) is 5.24. The number of hydrogen-bond donors (Lipinski definition) is 1. The second kappa shape index (κ2) is 8.26. The molecule has 3 rings (SSSR count). The van der Waals surface area contributed by atoms with E-state index in [1.54, 1.807) is 24.5 Å². The Morgan fingerprint density at radius 1 is 1.20 bits per heavy atom. The fourth-order valence-electron chi connectivity index (χ4n) is 3.64. The zero-order valence-electron chi connectivity index (χ0n) is 15.1. The highest BCUT2D eigenvalue weighted by atomic mass is 16.1. The molecule has 132 valence electrons. The first-order valence-electron chi connectivity index (χ1n) is 9.10. The Balaban J connectivity index is 1.51. The maximum Gasteiger partial charge on any atom is 0.255 e. The Hall–Kier alpha value is -2.20. The third kappa shape index (κ3) is 4.89. The SMILES string of the molecule is C[C@@H]1CN(C)CC[C@@H]1CCc1ccc(NC(=O)c2ccncc2)cc1. The number of rotatable bonds is 5. The zero-order chi connectivity index (χ0) is 17.6. The largest absolute Gasteiger partial charge is 0.322 e. The minimum atomic E-state index is -0.102. The van der Waals surface area contributed by atoms with Crippen LogP contribution in [0.15, 0.2) is 48.8 Å². The number of piperidine rings is 1. The van der Waals surface area contributed by atoms with Gasteiger partial charge in [0, 0.05) is 30.2 Å². The van der Waals surface area contributed by atoms with Crippen molar-refractivity contribution < 1.29 is 4.79 Å². The van der Waals surface area contributed by atoms with E-state index in [2.05, 4.69) is 41.3 Å². The van der Waals surface area contributed by atoms with Crippen LogP contribution in [0.4, 0.5) is 5.69 Å². The van der Waals surface area contributed by atoms with Gasteiger partial charge in [0.15, 0.2) is 0 Å². The molecule has 1 aliphatic heterocycles. The number of aromatic nitrogens is 1. The summed E-state index contributed by atoms with van der Waals surface area (Å²) in [7, 11) is 2.21. The van der Waals surface area contributed by atoms with Gasteiger partial charge < -0.3 is 10.2 Å². The molecule has 4 heteroatoms. The second-order valence-corrected chi connectivity index (χ2v) is 7.21. The van der Waals surface area contributed by atoms with Gasteiger partial charge in [-0.15, -0.1) is 0 Å². The van der Waals surface area contributed by atoms with Crippen LogP contribution in [-0.2, 0) is 6.42 Å². The summed E-state index contributed by atoms with van der Waals surface area (Å²) in [5.41, 5.74) is 2.79. The molecule has 0 saturated carbocycles. The first-order chi connectivity index (χ1) is 12.1. The summed E-state index contributed by atoms with van der Waals surface area (Å²) >= 11 is 0. The Morgan fingerprint density at radius 2 is 1.92 bits per heavy atom. The lowest BCUT2D eigenvalue weighted by molar-refractivity contribution is 0.102. The lowest BCUT2D eigenvalue weighted by atomic mass is 9.83. The monoisotopic (exact) mass is 337 g/mol. The summed E-state index contributed by atoms with van der Waals surface area (Å²) in [6.45, 7) is 4.80. The van der Waals surface area contributed by atoms with Crippen molar-refractivity contribution in [2.75, 3.05) is 25.5 Å². The molecule has 1 fully saturated rings. The molecule has 1 aromatic heterocycles. The van der Waals surface area contributed by atoms with Gasteiger partial charge in [0.1, 0.15) is 0 Å². The standard InChI is InChI=1S/C21H27N3O/c1-16-15-24(2)14-11-18(16)6-3-17-4-7-20(8-5-17)23-21(25)19-9-12-22-13-10-19/h4-5,7-10,12-13,16,18H,3,6,11,14-15H2,1-2H3,(H,23,25)/t16-,18+/m1/s1.